The molecule has 1 aliphatic rings. The molecule has 82 valence electrons. The second-order valence-corrected chi connectivity index (χ2v) is 5.30. The van der Waals surface area contributed by atoms with E-state index in [0.29, 0.717) is 0 Å². The molecule has 0 unspecified atom stereocenters. The van der Waals surface area contributed by atoms with E-state index in [4.69, 9.17) is 5.11 Å². The summed E-state index contributed by atoms with van der Waals surface area (Å²) in [6.07, 6.45) is 2.59. The fourth-order valence-corrected chi connectivity index (χ4v) is 2.14. The van der Waals surface area contributed by atoms with Crippen molar-refractivity contribution in [2.45, 2.75) is 25.4 Å². The topological polar surface area (TPSA) is 23.5 Å². The van der Waals surface area contributed by atoms with Crippen molar-refractivity contribution in [2.24, 2.45) is 0 Å². The monoisotopic (exact) mass is 317 g/mol. The predicted molar refractivity (Wildman–Crippen MR) is 69.7 cm³/mol. The van der Waals surface area contributed by atoms with Gasteiger partial charge in [0.1, 0.15) is 0 Å². The third-order valence-corrected chi connectivity index (χ3v) is 3.47. The molecule has 0 saturated heterocycles. The van der Waals surface area contributed by atoms with Crippen molar-refractivity contribution in [2.75, 3.05) is 13.2 Å². The summed E-state index contributed by atoms with van der Waals surface area (Å²) < 4.78 is 1.27. The van der Waals surface area contributed by atoms with E-state index >= 15 is 0 Å². The number of halogens is 1. The van der Waals surface area contributed by atoms with Crippen molar-refractivity contribution in [3.8, 4) is 0 Å². The van der Waals surface area contributed by atoms with Crippen molar-refractivity contribution < 1.29 is 5.11 Å². The summed E-state index contributed by atoms with van der Waals surface area (Å²) in [5, 5.41) is 8.99. The molecule has 3 heteroatoms. The number of aliphatic hydroxyl groups excluding tert-OH is 1. The summed E-state index contributed by atoms with van der Waals surface area (Å²) in [6, 6.07) is 9.35. The molecular weight excluding hydrogens is 301 g/mol. The van der Waals surface area contributed by atoms with Crippen LogP contribution in [0.1, 0.15) is 18.4 Å². The molecule has 1 aromatic carbocycles. The van der Waals surface area contributed by atoms with Gasteiger partial charge in [0.05, 0.1) is 6.61 Å². The molecule has 1 fully saturated rings. The van der Waals surface area contributed by atoms with Crippen molar-refractivity contribution in [3.05, 3.63) is 33.4 Å². The molecule has 1 aromatic rings. The number of benzene rings is 1. The minimum absolute atomic E-state index is 0.265. The Balaban J connectivity index is 1.95. The number of nitrogens with zero attached hydrogens (tertiary/aromatic N) is 1. The highest BCUT2D eigenvalue weighted by molar-refractivity contribution is 14.1. The van der Waals surface area contributed by atoms with Crippen LogP contribution in [0.15, 0.2) is 24.3 Å². The Kier molecular flexibility index (Phi) is 3.99. The van der Waals surface area contributed by atoms with Gasteiger partial charge < -0.3 is 5.11 Å². The highest BCUT2D eigenvalue weighted by Gasteiger charge is 2.28. The van der Waals surface area contributed by atoms with Crippen LogP contribution < -0.4 is 0 Å². The van der Waals surface area contributed by atoms with Crippen LogP contribution in [-0.2, 0) is 6.54 Å². The molecule has 2 rings (SSSR count). The number of aliphatic hydroxyl groups is 1. The Hall–Kier alpha value is -0.130. The van der Waals surface area contributed by atoms with Crippen LogP contribution in [0.3, 0.4) is 0 Å². The third kappa shape index (κ3) is 3.43. The molecule has 1 saturated carbocycles. The van der Waals surface area contributed by atoms with Crippen LogP contribution in [0.5, 0.6) is 0 Å². The maximum atomic E-state index is 8.99. The quantitative estimate of drug-likeness (QED) is 0.842. The largest absolute Gasteiger partial charge is 0.395 e. The van der Waals surface area contributed by atoms with Crippen LogP contribution >= 0.6 is 22.6 Å². The molecule has 15 heavy (non-hydrogen) atoms. The van der Waals surface area contributed by atoms with Gasteiger partial charge in [-0.15, -0.1) is 0 Å². The van der Waals surface area contributed by atoms with E-state index < -0.39 is 0 Å². The summed E-state index contributed by atoms with van der Waals surface area (Å²) in [7, 11) is 0. The lowest BCUT2D eigenvalue weighted by Crippen LogP contribution is -2.28. The molecule has 0 aromatic heterocycles. The molecule has 1 aliphatic carbocycles. The van der Waals surface area contributed by atoms with Gasteiger partial charge in [0.25, 0.3) is 0 Å². The molecule has 0 amide bonds. The Bertz CT molecular complexity index is 308. The molecule has 0 aliphatic heterocycles. The minimum Gasteiger partial charge on any atom is -0.395 e. The van der Waals surface area contributed by atoms with Crippen LogP contribution in [0.25, 0.3) is 0 Å². The van der Waals surface area contributed by atoms with Gasteiger partial charge in [-0.3, -0.25) is 4.90 Å². The van der Waals surface area contributed by atoms with Crippen molar-refractivity contribution in [1.29, 1.82) is 0 Å². The maximum absolute atomic E-state index is 8.99. The summed E-state index contributed by atoms with van der Waals surface area (Å²) in [6.45, 7) is 2.04. The van der Waals surface area contributed by atoms with E-state index in [1.165, 1.54) is 22.0 Å². The number of rotatable bonds is 5. The molecule has 0 radical (unpaired) electrons. The lowest BCUT2D eigenvalue weighted by atomic mass is 10.2. The SMILES string of the molecule is OCCN(Cc1ccc(I)cc1)C1CC1. The van der Waals surface area contributed by atoms with Crippen molar-refractivity contribution >= 4 is 22.6 Å². The maximum Gasteiger partial charge on any atom is 0.0558 e. The van der Waals surface area contributed by atoms with Crippen LogP contribution in [0.4, 0.5) is 0 Å². The van der Waals surface area contributed by atoms with Gasteiger partial charge in [0, 0.05) is 22.7 Å². The molecular formula is C12H16INO. The Morgan fingerprint density at radius 3 is 2.47 bits per heavy atom. The van der Waals surface area contributed by atoms with Gasteiger partial charge in [-0.2, -0.15) is 0 Å². The van der Waals surface area contributed by atoms with E-state index in [0.717, 1.165) is 19.1 Å². The van der Waals surface area contributed by atoms with Crippen molar-refractivity contribution in [3.63, 3.8) is 0 Å². The smallest absolute Gasteiger partial charge is 0.0558 e. The molecule has 0 spiro atoms. The first-order chi connectivity index (χ1) is 7.29. The van der Waals surface area contributed by atoms with E-state index in [9.17, 15) is 0 Å². The molecule has 0 atom stereocenters. The lowest BCUT2D eigenvalue weighted by molar-refractivity contribution is 0.183. The van der Waals surface area contributed by atoms with E-state index in [2.05, 4.69) is 51.8 Å². The van der Waals surface area contributed by atoms with Gasteiger partial charge in [-0.25, -0.2) is 0 Å². The highest BCUT2D eigenvalue weighted by Crippen LogP contribution is 2.27. The predicted octanol–water partition coefficient (Wildman–Crippen LogP) is 2.25. The number of hydrogen-bond donors (Lipinski definition) is 1. The first-order valence-corrected chi connectivity index (χ1v) is 6.47. The van der Waals surface area contributed by atoms with Gasteiger partial charge in [0.2, 0.25) is 0 Å². The standard InChI is InChI=1S/C12H16INO/c13-11-3-1-10(2-4-11)9-14(7-8-15)12-5-6-12/h1-4,12,15H,5-9H2. The van der Waals surface area contributed by atoms with Crippen LogP contribution in [0.2, 0.25) is 0 Å². The van der Waals surface area contributed by atoms with E-state index in [1.807, 2.05) is 0 Å². The Morgan fingerprint density at radius 1 is 1.27 bits per heavy atom. The lowest BCUT2D eigenvalue weighted by Gasteiger charge is -2.20. The van der Waals surface area contributed by atoms with Gasteiger partial charge in [-0.05, 0) is 53.1 Å². The first kappa shape index (κ1) is 11.4. The fourth-order valence-electron chi connectivity index (χ4n) is 1.78. The van der Waals surface area contributed by atoms with Crippen LogP contribution in [0, 0.1) is 3.57 Å². The van der Waals surface area contributed by atoms with Gasteiger partial charge in [-0.1, -0.05) is 12.1 Å². The average Bonchev–Trinajstić information content (AvgIpc) is 3.04. The normalized spacial score (nSPS) is 15.9. The summed E-state index contributed by atoms with van der Waals surface area (Å²) >= 11 is 2.32. The van der Waals surface area contributed by atoms with Gasteiger partial charge >= 0.3 is 0 Å². The zero-order valence-corrected chi connectivity index (χ0v) is 10.9. The molecule has 2 nitrogen and oxygen atoms in total. The second-order valence-electron chi connectivity index (χ2n) is 4.05. The summed E-state index contributed by atoms with van der Waals surface area (Å²) in [5.74, 6) is 0. The fraction of sp³-hybridized carbons (Fsp3) is 0.500. The van der Waals surface area contributed by atoms with E-state index in [1.54, 1.807) is 0 Å². The Morgan fingerprint density at radius 2 is 1.93 bits per heavy atom. The Labute approximate surface area is 104 Å². The van der Waals surface area contributed by atoms with E-state index in [-0.39, 0.29) is 6.61 Å². The zero-order valence-electron chi connectivity index (χ0n) is 8.69. The molecule has 0 bridgehead atoms. The average molecular weight is 317 g/mol. The highest BCUT2D eigenvalue weighted by atomic mass is 127. The number of hydrogen-bond acceptors (Lipinski definition) is 2. The third-order valence-electron chi connectivity index (χ3n) is 2.75. The summed E-state index contributed by atoms with van der Waals surface area (Å²) in [5.41, 5.74) is 1.34. The first-order valence-electron chi connectivity index (χ1n) is 5.39. The second kappa shape index (κ2) is 5.27. The molecule has 1 N–H and O–H groups in total. The van der Waals surface area contributed by atoms with Crippen LogP contribution in [-0.4, -0.2) is 29.2 Å². The zero-order chi connectivity index (χ0) is 10.7. The van der Waals surface area contributed by atoms with Crippen molar-refractivity contribution in [1.82, 2.24) is 4.90 Å². The molecule has 0 heterocycles. The minimum atomic E-state index is 0.265. The van der Waals surface area contributed by atoms with Gasteiger partial charge in [0.15, 0.2) is 0 Å². The summed E-state index contributed by atoms with van der Waals surface area (Å²) in [4.78, 5) is 2.38.